The highest BCUT2D eigenvalue weighted by molar-refractivity contribution is 5.75. The van der Waals surface area contributed by atoms with Gasteiger partial charge in [-0.1, -0.05) is 12.1 Å². The first-order valence-electron chi connectivity index (χ1n) is 5.69. The third-order valence-corrected chi connectivity index (χ3v) is 2.46. The molecule has 0 fully saturated rings. The van der Waals surface area contributed by atoms with Gasteiger partial charge in [-0.15, -0.1) is 0 Å². The van der Waals surface area contributed by atoms with Gasteiger partial charge in [0, 0.05) is 12.6 Å². The molecule has 0 aromatic carbocycles. The summed E-state index contributed by atoms with van der Waals surface area (Å²) in [7, 11) is 0. The number of nitrogens with zero attached hydrogens (tertiary/aromatic N) is 1. The second-order valence-corrected chi connectivity index (χ2v) is 3.94. The van der Waals surface area contributed by atoms with Gasteiger partial charge in [-0.3, -0.25) is 4.79 Å². The van der Waals surface area contributed by atoms with Crippen LogP contribution in [0.2, 0.25) is 0 Å². The fourth-order valence-corrected chi connectivity index (χ4v) is 1.36. The van der Waals surface area contributed by atoms with Crippen molar-refractivity contribution in [3.63, 3.8) is 0 Å². The van der Waals surface area contributed by atoms with Gasteiger partial charge in [-0.05, 0) is 13.3 Å². The van der Waals surface area contributed by atoms with E-state index in [1.165, 1.54) is 0 Å². The zero-order valence-corrected chi connectivity index (χ0v) is 10.4. The van der Waals surface area contributed by atoms with Crippen molar-refractivity contribution >= 4 is 12.0 Å². The lowest BCUT2D eigenvalue weighted by Gasteiger charge is -2.11. The standard InChI is InChI=1S/C11H17N3O4/c1-3-8(10(15)16)5-12-11(17)13-6-9-4-7(2)18-14-9/h4,8H,3,5-6H2,1-2H3,(H,15,16)(H2,12,13,17). The Balaban J connectivity index is 2.27. The number of carboxylic acid groups (broad SMARTS) is 1. The van der Waals surface area contributed by atoms with Crippen LogP contribution in [0.25, 0.3) is 0 Å². The molecule has 1 aromatic heterocycles. The monoisotopic (exact) mass is 255 g/mol. The molecule has 0 aliphatic rings. The van der Waals surface area contributed by atoms with Gasteiger partial charge in [0.25, 0.3) is 0 Å². The first-order valence-corrected chi connectivity index (χ1v) is 5.69. The molecule has 18 heavy (non-hydrogen) atoms. The number of aromatic nitrogens is 1. The summed E-state index contributed by atoms with van der Waals surface area (Å²) in [6, 6.07) is 1.29. The van der Waals surface area contributed by atoms with Crippen LogP contribution in [0.15, 0.2) is 10.6 Å². The normalized spacial score (nSPS) is 11.9. The van der Waals surface area contributed by atoms with Crippen LogP contribution in [0.3, 0.4) is 0 Å². The van der Waals surface area contributed by atoms with E-state index in [-0.39, 0.29) is 13.1 Å². The fourth-order valence-electron chi connectivity index (χ4n) is 1.36. The predicted molar refractivity (Wildman–Crippen MR) is 62.9 cm³/mol. The number of urea groups is 1. The molecule has 0 saturated heterocycles. The zero-order chi connectivity index (χ0) is 13.5. The van der Waals surface area contributed by atoms with E-state index in [4.69, 9.17) is 9.63 Å². The Labute approximate surface area is 105 Å². The number of carboxylic acids is 1. The summed E-state index contributed by atoms with van der Waals surface area (Å²) in [6.07, 6.45) is 0.470. The molecular formula is C11H17N3O4. The number of aryl methyl sites for hydroxylation is 1. The van der Waals surface area contributed by atoms with E-state index >= 15 is 0 Å². The molecule has 0 radical (unpaired) electrons. The summed E-state index contributed by atoms with van der Waals surface area (Å²) in [5, 5.41) is 17.6. The minimum absolute atomic E-state index is 0.107. The van der Waals surface area contributed by atoms with Crippen LogP contribution in [0.1, 0.15) is 24.8 Å². The average molecular weight is 255 g/mol. The highest BCUT2D eigenvalue weighted by Gasteiger charge is 2.15. The lowest BCUT2D eigenvalue weighted by atomic mass is 10.1. The molecule has 3 N–H and O–H groups in total. The van der Waals surface area contributed by atoms with Crippen LogP contribution in [-0.4, -0.2) is 28.8 Å². The van der Waals surface area contributed by atoms with E-state index in [2.05, 4.69) is 15.8 Å². The van der Waals surface area contributed by atoms with Crippen LogP contribution < -0.4 is 10.6 Å². The molecular weight excluding hydrogens is 238 g/mol. The Morgan fingerprint density at radius 3 is 2.72 bits per heavy atom. The van der Waals surface area contributed by atoms with Crippen LogP contribution in [0.4, 0.5) is 4.79 Å². The number of nitrogens with one attached hydrogen (secondary N) is 2. The molecule has 1 atom stereocenters. The van der Waals surface area contributed by atoms with E-state index in [9.17, 15) is 9.59 Å². The molecule has 1 heterocycles. The highest BCUT2D eigenvalue weighted by atomic mass is 16.5. The minimum atomic E-state index is -0.912. The van der Waals surface area contributed by atoms with Crippen molar-refractivity contribution in [1.29, 1.82) is 0 Å². The van der Waals surface area contributed by atoms with E-state index in [1.54, 1.807) is 19.9 Å². The van der Waals surface area contributed by atoms with Gasteiger partial charge in [0.15, 0.2) is 0 Å². The number of carbonyl (C=O) groups is 2. The van der Waals surface area contributed by atoms with E-state index in [0.717, 1.165) is 0 Å². The molecule has 7 heteroatoms. The maximum Gasteiger partial charge on any atom is 0.315 e. The summed E-state index contributed by atoms with van der Waals surface area (Å²) in [5.41, 5.74) is 0.618. The summed E-state index contributed by atoms with van der Waals surface area (Å²) >= 11 is 0. The molecule has 0 aliphatic carbocycles. The fraction of sp³-hybridized carbons (Fsp3) is 0.545. The van der Waals surface area contributed by atoms with Crippen molar-refractivity contribution in [3.8, 4) is 0 Å². The van der Waals surface area contributed by atoms with Gasteiger partial charge >= 0.3 is 12.0 Å². The lowest BCUT2D eigenvalue weighted by molar-refractivity contribution is -0.141. The largest absolute Gasteiger partial charge is 0.481 e. The second kappa shape index (κ2) is 6.63. The number of hydrogen-bond donors (Lipinski definition) is 3. The number of hydrogen-bond acceptors (Lipinski definition) is 4. The molecule has 7 nitrogen and oxygen atoms in total. The van der Waals surface area contributed by atoms with Gasteiger partial charge in [0.1, 0.15) is 11.5 Å². The Morgan fingerprint density at radius 2 is 2.22 bits per heavy atom. The van der Waals surface area contributed by atoms with Crippen molar-refractivity contribution in [2.75, 3.05) is 6.54 Å². The molecule has 0 bridgehead atoms. The number of carbonyl (C=O) groups excluding carboxylic acids is 1. The quantitative estimate of drug-likeness (QED) is 0.700. The van der Waals surface area contributed by atoms with Gasteiger partial charge in [-0.2, -0.15) is 0 Å². The van der Waals surface area contributed by atoms with Crippen LogP contribution in [0.5, 0.6) is 0 Å². The lowest BCUT2D eigenvalue weighted by Crippen LogP contribution is -2.39. The molecule has 1 aromatic rings. The van der Waals surface area contributed by atoms with Crippen molar-refractivity contribution in [2.45, 2.75) is 26.8 Å². The van der Waals surface area contributed by atoms with Crippen molar-refractivity contribution in [1.82, 2.24) is 15.8 Å². The van der Waals surface area contributed by atoms with E-state index in [0.29, 0.717) is 17.9 Å². The Kier molecular flexibility index (Phi) is 5.16. The SMILES string of the molecule is CCC(CNC(=O)NCc1cc(C)on1)C(=O)O. The summed E-state index contributed by atoms with van der Waals surface area (Å²) < 4.78 is 4.84. The van der Waals surface area contributed by atoms with E-state index < -0.39 is 17.9 Å². The average Bonchev–Trinajstić information content (AvgIpc) is 2.73. The van der Waals surface area contributed by atoms with Crippen molar-refractivity contribution in [3.05, 3.63) is 17.5 Å². The molecule has 1 rings (SSSR count). The molecule has 0 spiro atoms. The van der Waals surface area contributed by atoms with E-state index in [1.807, 2.05) is 0 Å². The Bertz CT molecular complexity index is 416. The smallest absolute Gasteiger partial charge is 0.315 e. The molecule has 1 unspecified atom stereocenters. The van der Waals surface area contributed by atoms with Gasteiger partial charge in [0.2, 0.25) is 0 Å². The third-order valence-electron chi connectivity index (χ3n) is 2.46. The predicted octanol–water partition coefficient (Wildman–Crippen LogP) is 0.893. The maximum absolute atomic E-state index is 11.4. The van der Waals surface area contributed by atoms with Gasteiger partial charge in [0.05, 0.1) is 12.5 Å². The molecule has 0 saturated carbocycles. The summed E-state index contributed by atoms with van der Waals surface area (Å²) in [4.78, 5) is 22.1. The molecule has 0 aliphatic heterocycles. The van der Waals surface area contributed by atoms with Crippen LogP contribution in [-0.2, 0) is 11.3 Å². The maximum atomic E-state index is 11.4. The third kappa shape index (κ3) is 4.44. The van der Waals surface area contributed by atoms with Crippen LogP contribution in [0, 0.1) is 12.8 Å². The second-order valence-electron chi connectivity index (χ2n) is 3.94. The highest BCUT2D eigenvalue weighted by Crippen LogP contribution is 2.01. The Morgan fingerprint density at radius 1 is 1.50 bits per heavy atom. The number of amides is 2. The summed E-state index contributed by atoms with van der Waals surface area (Å²) in [5.74, 6) is -0.806. The molecule has 2 amide bonds. The van der Waals surface area contributed by atoms with Crippen molar-refractivity contribution in [2.24, 2.45) is 5.92 Å². The van der Waals surface area contributed by atoms with Gasteiger partial charge < -0.3 is 20.3 Å². The first kappa shape index (κ1) is 14.0. The zero-order valence-electron chi connectivity index (χ0n) is 10.4. The van der Waals surface area contributed by atoms with Gasteiger partial charge in [-0.25, -0.2) is 4.79 Å². The molecule has 100 valence electrons. The topological polar surface area (TPSA) is 104 Å². The Hall–Kier alpha value is -2.05. The minimum Gasteiger partial charge on any atom is -0.481 e. The first-order chi connectivity index (χ1) is 8.52. The number of rotatable bonds is 6. The van der Waals surface area contributed by atoms with Crippen LogP contribution >= 0.6 is 0 Å². The van der Waals surface area contributed by atoms with Crippen molar-refractivity contribution < 1.29 is 19.2 Å². The summed E-state index contributed by atoms with van der Waals surface area (Å²) in [6.45, 7) is 3.87. The number of aliphatic carboxylic acids is 1.